The maximum Gasteiger partial charge on any atom is 0.451 e. The average molecular weight is 355 g/mol. The van der Waals surface area contributed by atoms with Gasteiger partial charge in [-0.05, 0) is 12.1 Å². The lowest BCUT2D eigenvalue weighted by atomic mass is 10.2. The van der Waals surface area contributed by atoms with E-state index in [1.807, 2.05) is 5.32 Å². The molecule has 2 N–H and O–H groups in total. The fourth-order valence-corrected chi connectivity index (χ4v) is 1.44. The Morgan fingerprint density at radius 1 is 1.25 bits per heavy atom. The Hall–Kier alpha value is -2.86. The molecule has 130 valence electrons. The van der Waals surface area contributed by atoms with Crippen LogP contribution in [0, 0.1) is 0 Å². The topological polar surface area (TPSA) is 92.8 Å². The number of H-pyrrole nitrogens is 1. The number of nitrogens with zero attached hydrogens (tertiary/aromatic N) is 3. The maximum absolute atomic E-state index is 12.4. The van der Waals surface area contributed by atoms with Crippen molar-refractivity contribution in [1.82, 2.24) is 20.2 Å². The van der Waals surface area contributed by atoms with E-state index < -0.39 is 48.1 Å². The van der Waals surface area contributed by atoms with Gasteiger partial charge in [0.05, 0.1) is 0 Å². The number of nitrogens with one attached hydrogen (secondary N) is 2. The zero-order valence-electron chi connectivity index (χ0n) is 11.4. The highest BCUT2D eigenvalue weighted by Gasteiger charge is 2.35. The van der Waals surface area contributed by atoms with Gasteiger partial charge in [0, 0.05) is 6.20 Å². The predicted octanol–water partition coefficient (Wildman–Crippen LogP) is 2.41. The molecule has 2 heterocycles. The number of anilines is 1. The second-order valence-corrected chi connectivity index (χ2v) is 4.22. The molecule has 2 aromatic heterocycles. The van der Waals surface area contributed by atoms with Crippen LogP contribution < -0.4 is 10.1 Å². The van der Waals surface area contributed by atoms with Gasteiger partial charge in [0.25, 0.3) is 5.91 Å². The minimum absolute atomic E-state index is 0.430. The Morgan fingerprint density at radius 2 is 1.96 bits per heavy atom. The zero-order chi connectivity index (χ0) is 18.0. The molecule has 1 amide bonds. The molecule has 0 bridgehead atoms. The Kier molecular flexibility index (Phi) is 4.61. The molecule has 0 atom stereocenters. The van der Waals surface area contributed by atoms with Gasteiger partial charge in [-0.3, -0.25) is 15.2 Å². The van der Waals surface area contributed by atoms with Gasteiger partial charge in [0.1, 0.15) is 5.56 Å². The second kappa shape index (κ2) is 6.33. The normalized spacial score (nSPS) is 12.1. The maximum atomic E-state index is 12.4. The summed E-state index contributed by atoms with van der Waals surface area (Å²) >= 11 is 0. The highest BCUT2D eigenvalue weighted by atomic mass is 19.4. The second-order valence-electron chi connectivity index (χ2n) is 4.22. The average Bonchev–Trinajstić information content (AvgIpc) is 2.93. The number of carbonyl (C=O) groups excluding carboxylic acids is 1. The summed E-state index contributed by atoms with van der Waals surface area (Å²) in [6.45, 7) is -1.69. The van der Waals surface area contributed by atoms with Crippen molar-refractivity contribution in [3.05, 3.63) is 29.7 Å². The molecule has 0 aliphatic heterocycles. The number of hydrogen-bond acceptors (Lipinski definition) is 5. The van der Waals surface area contributed by atoms with E-state index in [9.17, 15) is 31.1 Å². The Balaban J connectivity index is 2.14. The van der Waals surface area contributed by atoms with Crippen molar-refractivity contribution in [1.29, 1.82) is 0 Å². The predicted molar refractivity (Wildman–Crippen MR) is 65.1 cm³/mol. The van der Waals surface area contributed by atoms with E-state index in [1.165, 1.54) is 6.07 Å². The molecule has 0 aromatic carbocycles. The van der Waals surface area contributed by atoms with Crippen LogP contribution in [0.3, 0.4) is 0 Å². The molecule has 0 radical (unpaired) electrons. The van der Waals surface area contributed by atoms with E-state index in [0.717, 1.165) is 12.3 Å². The summed E-state index contributed by atoms with van der Waals surface area (Å²) in [5, 5.41) is 6.59. The van der Waals surface area contributed by atoms with E-state index in [-0.39, 0.29) is 0 Å². The summed E-state index contributed by atoms with van der Waals surface area (Å²) in [6, 6.07) is 2.31. The van der Waals surface area contributed by atoms with Gasteiger partial charge in [-0.15, -0.1) is 5.10 Å². The van der Waals surface area contributed by atoms with Crippen LogP contribution in [0.15, 0.2) is 18.3 Å². The minimum Gasteiger partial charge on any atom is -0.467 e. The third-order valence-corrected chi connectivity index (χ3v) is 2.37. The van der Waals surface area contributed by atoms with Gasteiger partial charge in [-0.1, -0.05) is 0 Å². The van der Waals surface area contributed by atoms with Crippen LogP contribution in [0.4, 0.5) is 32.3 Å². The Labute approximate surface area is 129 Å². The van der Waals surface area contributed by atoms with E-state index >= 15 is 0 Å². The molecule has 2 rings (SSSR count). The molecule has 0 aliphatic carbocycles. The largest absolute Gasteiger partial charge is 0.467 e. The number of hydrogen-bond donors (Lipinski definition) is 2. The van der Waals surface area contributed by atoms with Crippen LogP contribution in [0.5, 0.6) is 5.88 Å². The number of halogens is 6. The Bertz CT molecular complexity index is 726. The monoisotopic (exact) mass is 355 g/mol. The van der Waals surface area contributed by atoms with Crippen LogP contribution in [0.2, 0.25) is 0 Å². The van der Waals surface area contributed by atoms with Crippen molar-refractivity contribution in [3.8, 4) is 5.88 Å². The van der Waals surface area contributed by atoms with Crippen molar-refractivity contribution in [2.24, 2.45) is 0 Å². The first kappa shape index (κ1) is 17.5. The summed E-state index contributed by atoms with van der Waals surface area (Å²) in [5.74, 6) is -3.89. The lowest BCUT2D eigenvalue weighted by Gasteiger charge is -2.11. The van der Waals surface area contributed by atoms with Crippen LogP contribution in [0.1, 0.15) is 16.2 Å². The van der Waals surface area contributed by atoms with Crippen molar-refractivity contribution >= 4 is 11.9 Å². The lowest BCUT2D eigenvalue weighted by Crippen LogP contribution is -2.22. The number of aromatic amines is 1. The van der Waals surface area contributed by atoms with Gasteiger partial charge in [-0.25, -0.2) is 4.98 Å². The molecule has 2 aromatic rings. The van der Waals surface area contributed by atoms with Crippen molar-refractivity contribution in [3.63, 3.8) is 0 Å². The van der Waals surface area contributed by atoms with E-state index in [4.69, 9.17) is 0 Å². The lowest BCUT2D eigenvalue weighted by molar-refractivity contribution is -0.154. The molecular weight excluding hydrogens is 348 g/mol. The number of amides is 1. The van der Waals surface area contributed by atoms with Crippen LogP contribution >= 0.6 is 0 Å². The molecule has 0 spiro atoms. The minimum atomic E-state index is -4.80. The third kappa shape index (κ3) is 4.57. The molecular formula is C11H7F6N5O2. The first-order valence-corrected chi connectivity index (χ1v) is 6.02. The number of pyridine rings is 1. The summed E-state index contributed by atoms with van der Waals surface area (Å²) in [5.41, 5.74) is -0.430. The van der Waals surface area contributed by atoms with E-state index in [1.54, 1.807) is 5.10 Å². The van der Waals surface area contributed by atoms with Gasteiger partial charge in [-0.2, -0.15) is 31.3 Å². The molecule has 0 saturated carbocycles. The number of aromatic nitrogens is 4. The van der Waals surface area contributed by atoms with Crippen molar-refractivity contribution in [2.45, 2.75) is 12.4 Å². The molecule has 7 nitrogen and oxygen atoms in total. The third-order valence-electron chi connectivity index (χ3n) is 2.37. The highest BCUT2D eigenvalue weighted by molar-refractivity contribution is 6.04. The van der Waals surface area contributed by atoms with Crippen LogP contribution in [-0.2, 0) is 6.18 Å². The molecule has 13 heteroatoms. The SMILES string of the molecule is O=C(Nc1n[nH]c(C(F)(F)F)n1)c1cccnc1OCC(F)(F)F. The van der Waals surface area contributed by atoms with Crippen molar-refractivity contribution < 1.29 is 35.9 Å². The fraction of sp³-hybridized carbons (Fsp3) is 0.273. The van der Waals surface area contributed by atoms with Gasteiger partial charge in [0.2, 0.25) is 17.7 Å². The summed E-state index contributed by atoms with van der Waals surface area (Å²) in [4.78, 5) is 18.4. The quantitative estimate of drug-likeness (QED) is 0.822. The zero-order valence-corrected chi connectivity index (χ0v) is 11.4. The summed E-state index contributed by atoms with van der Waals surface area (Å²) in [7, 11) is 0. The molecule has 0 unspecified atom stereocenters. The highest BCUT2D eigenvalue weighted by Crippen LogP contribution is 2.26. The fourth-order valence-electron chi connectivity index (χ4n) is 1.44. The molecule has 24 heavy (non-hydrogen) atoms. The summed E-state index contributed by atoms with van der Waals surface area (Å²) in [6.07, 6.45) is -8.38. The summed E-state index contributed by atoms with van der Waals surface area (Å²) < 4.78 is 77.9. The number of rotatable bonds is 4. The number of ether oxygens (including phenoxy) is 1. The number of alkyl halides is 6. The standard InChI is InChI=1S/C11H7F6N5O2/c12-10(13,14)4-24-7-5(2-1-3-18-7)6(23)19-9-20-8(21-22-9)11(15,16)17/h1-3H,4H2,(H2,19,20,21,22,23). The number of carbonyl (C=O) groups is 1. The smallest absolute Gasteiger partial charge is 0.451 e. The van der Waals surface area contributed by atoms with E-state index in [2.05, 4.69) is 19.8 Å². The van der Waals surface area contributed by atoms with Gasteiger partial charge in [0.15, 0.2) is 6.61 Å². The first-order chi connectivity index (χ1) is 11.1. The van der Waals surface area contributed by atoms with Gasteiger partial charge < -0.3 is 4.74 Å². The molecule has 0 aliphatic rings. The van der Waals surface area contributed by atoms with Gasteiger partial charge >= 0.3 is 12.4 Å². The first-order valence-electron chi connectivity index (χ1n) is 6.02. The Morgan fingerprint density at radius 3 is 2.54 bits per heavy atom. The molecule has 0 fully saturated rings. The van der Waals surface area contributed by atoms with Crippen molar-refractivity contribution in [2.75, 3.05) is 11.9 Å². The van der Waals surface area contributed by atoms with Crippen LogP contribution in [-0.4, -0.2) is 38.9 Å². The van der Waals surface area contributed by atoms with Crippen LogP contribution in [0.25, 0.3) is 0 Å². The molecule has 0 saturated heterocycles. The van der Waals surface area contributed by atoms with E-state index in [0.29, 0.717) is 0 Å².